The second kappa shape index (κ2) is 5.53. The van der Waals surface area contributed by atoms with Crippen LogP contribution in [0.1, 0.15) is 0 Å². The van der Waals surface area contributed by atoms with E-state index in [1.165, 1.54) is 12.1 Å². The maximum Gasteiger partial charge on any atom is 0.284 e. The molecule has 3 aromatic heterocycles. The summed E-state index contributed by atoms with van der Waals surface area (Å²) in [6.07, 6.45) is 4.78. The van der Waals surface area contributed by atoms with E-state index in [1.807, 2.05) is 0 Å². The van der Waals surface area contributed by atoms with Crippen molar-refractivity contribution in [2.24, 2.45) is 0 Å². The number of nitrogens with one attached hydrogen (secondary N) is 1. The molecule has 120 valence electrons. The van der Waals surface area contributed by atoms with Crippen LogP contribution in [0.4, 0.5) is 0 Å². The number of fused-ring (bicyclic) bond motifs is 1. The van der Waals surface area contributed by atoms with Gasteiger partial charge in [-0.1, -0.05) is 18.2 Å². The predicted octanol–water partition coefficient (Wildman–Crippen LogP) is 2.82. The predicted molar refractivity (Wildman–Crippen MR) is 91.8 cm³/mol. The monoisotopic (exact) mass is 403 g/mol. The second-order valence-corrected chi connectivity index (χ2v) is 7.70. The van der Waals surface area contributed by atoms with Crippen LogP contribution in [0.2, 0.25) is 0 Å². The van der Waals surface area contributed by atoms with Crippen LogP contribution in [0, 0.1) is 0 Å². The fraction of sp³-hybridized carbons (Fsp3) is 0. The summed E-state index contributed by atoms with van der Waals surface area (Å²) in [5, 5.41) is 11.5. The largest absolute Gasteiger partial charge is 0.285 e. The van der Waals surface area contributed by atoms with Crippen LogP contribution >= 0.6 is 15.9 Å². The smallest absolute Gasteiger partial charge is 0.284 e. The van der Waals surface area contributed by atoms with Crippen molar-refractivity contribution >= 4 is 37.0 Å². The molecule has 0 spiro atoms. The molecule has 7 nitrogen and oxygen atoms in total. The molecular formula is C15H10BrN5O2S. The number of rotatable bonds is 3. The van der Waals surface area contributed by atoms with E-state index in [0.29, 0.717) is 16.6 Å². The third-order valence-electron chi connectivity index (χ3n) is 3.50. The van der Waals surface area contributed by atoms with Gasteiger partial charge in [0.25, 0.3) is 10.0 Å². The standard InChI is InChI=1S/C15H10BrN5O2S/c16-11-6-13-14(10-7-18-19-8-10)20-21(15(13)17-9-11)24(22,23)12-4-2-1-3-5-12/h1-9H,(H,18,19). The van der Waals surface area contributed by atoms with E-state index in [4.69, 9.17) is 0 Å². The van der Waals surface area contributed by atoms with Crippen LogP contribution in [0.25, 0.3) is 22.3 Å². The van der Waals surface area contributed by atoms with Gasteiger partial charge in [0.1, 0.15) is 5.69 Å². The topological polar surface area (TPSA) is 93.5 Å². The Morgan fingerprint density at radius 3 is 2.62 bits per heavy atom. The molecular weight excluding hydrogens is 394 g/mol. The van der Waals surface area contributed by atoms with Gasteiger partial charge in [-0.3, -0.25) is 5.10 Å². The van der Waals surface area contributed by atoms with Crippen molar-refractivity contribution in [3.05, 3.63) is 59.5 Å². The van der Waals surface area contributed by atoms with Gasteiger partial charge < -0.3 is 0 Å². The molecule has 0 fully saturated rings. The van der Waals surface area contributed by atoms with E-state index < -0.39 is 10.0 Å². The Hall–Kier alpha value is -2.52. The Bertz CT molecular complexity index is 1120. The summed E-state index contributed by atoms with van der Waals surface area (Å²) in [6, 6.07) is 9.93. The van der Waals surface area contributed by atoms with Gasteiger partial charge in [0.05, 0.1) is 11.1 Å². The molecule has 3 heterocycles. The van der Waals surface area contributed by atoms with Crippen LogP contribution in [0.15, 0.2) is 64.4 Å². The highest BCUT2D eigenvalue weighted by Crippen LogP contribution is 2.30. The number of nitrogens with zero attached hydrogens (tertiary/aromatic N) is 4. The van der Waals surface area contributed by atoms with Crippen LogP contribution in [-0.4, -0.2) is 32.8 Å². The van der Waals surface area contributed by atoms with Crippen molar-refractivity contribution in [3.8, 4) is 11.3 Å². The minimum atomic E-state index is -3.85. The molecule has 0 unspecified atom stereocenters. The average molecular weight is 404 g/mol. The number of halogens is 1. The zero-order valence-electron chi connectivity index (χ0n) is 12.1. The Labute approximate surface area is 145 Å². The molecule has 4 aromatic rings. The highest BCUT2D eigenvalue weighted by atomic mass is 79.9. The van der Waals surface area contributed by atoms with Crippen molar-refractivity contribution in [2.45, 2.75) is 4.90 Å². The maximum absolute atomic E-state index is 12.9. The minimum Gasteiger partial charge on any atom is -0.285 e. The number of aromatic nitrogens is 5. The van der Waals surface area contributed by atoms with Crippen molar-refractivity contribution < 1.29 is 8.42 Å². The number of benzene rings is 1. The van der Waals surface area contributed by atoms with Gasteiger partial charge in [0.2, 0.25) is 0 Å². The number of aromatic amines is 1. The minimum absolute atomic E-state index is 0.151. The van der Waals surface area contributed by atoms with Crippen molar-refractivity contribution in [2.75, 3.05) is 0 Å². The summed E-state index contributed by atoms with van der Waals surface area (Å²) in [4.78, 5) is 4.40. The first-order valence-corrected chi connectivity index (χ1v) is 9.15. The Morgan fingerprint density at radius 1 is 1.12 bits per heavy atom. The first-order valence-electron chi connectivity index (χ1n) is 6.91. The molecule has 0 radical (unpaired) electrons. The molecule has 0 atom stereocenters. The molecule has 0 saturated carbocycles. The molecule has 0 aliphatic heterocycles. The molecule has 1 N–H and O–H groups in total. The average Bonchev–Trinajstić information content (AvgIpc) is 3.22. The summed E-state index contributed by atoms with van der Waals surface area (Å²) in [5.74, 6) is 0. The second-order valence-electron chi connectivity index (χ2n) is 5.02. The normalized spacial score (nSPS) is 11.9. The number of pyridine rings is 1. The quantitative estimate of drug-likeness (QED) is 0.567. The van der Waals surface area contributed by atoms with Gasteiger partial charge in [-0.15, -0.1) is 4.09 Å². The lowest BCUT2D eigenvalue weighted by Crippen LogP contribution is -2.15. The van der Waals surface area contributed by atoms with E-state index >= 15 is 0 Å². The van der Waals surface area contributed by atoms with E-state index in [-0.39, 0.29) is 10.5 Å². The highest BCUT2D eigenvalue weighted by Gasteiger charge is 2.24. The number of hydrogen-bond acceptors (Lipinski definition) is 5. The summed E-state index contributed by atoms with van der Waals surface area (Å²) < 4.78 is 27.6. The lowest BCUT2D eigenvalue weighted by Gasteiger charge is -2.04. The SMILES string of the molecule is O=S(=O)(c1ccccc1)n1nc(-c2cn[nH]c2)c2cc(Br)cnc21. The molecule has 0 amide bonds. The van der Waals surface area contributed by atoms with Crippen molar-refractivity contribution in [1.82, 2.24) is 24.4 Å². The van der Waals surface area contributed by atoms with Gasteiger partial charge in [0.15, 0.2) is 5.65 Å². The van der Waals surface area contributed by atoms with Crippen LogP contribution < -0.4 is 0 Å². The zero-order valence-corrected chi connectivity index (χ0v) is 14.5. The Balaban J connectivity index is 2.04. The summed E-state index contributed by atoms with van der Waals surface area (Å²) >= 11 is 3.36. The summed E-state index contributed by atoms with van der Waals surface area (Å²) in [6.45, 7) is 0. The number of H-pyrrole nitrogens is 1. The Kier molecular flexibility index (Phi) is 3.47. The molecule has 0 bridgehead atoms. The molecule has 0 aliphatic rings. The van der Waals surface area contributed by atoms with Crippen molar-refractivity contribution in [3.63, 3.8) is 0 Å². The van der Waals surface area contributed by atoms with Crippen LogP contribution in [-0.2, 0) is 10.0 Å². The molecule has 0 saturated heterocycles. The maximum atomic E-state index is 12.9. The fourth-order valence-electron chi connectivity index (χ4n) is 2.40. The third-order valence-corrected chi connectivity index (χ3v) is 5.51. The van der Waals surface area contributed by atoms with Gasteiger partial charge >= 0.3 is 0 Å². The fourth-order valence-corrected chi connectivity index (χ4v) is 4.00. The first-order chi connectivity index (χ1) is 11.6. The van der Waals surface area contributed by atoms with Gasteiger partial charge in [0, 0.05) is 27.8 Å². The van der Waals surface area contributed by atoms with E-state index in [9.17, 15) is 8.42 Å². The third kappa shape index (κ3) is 2.33. The van der Waals surface area contributed by atoms with E-state index in [2.05, 4.69) is 36.2 Å². The van der Waals surface area contributed by atoms with E-state index in [1.54, 1.807) is 42.9 Å². The lowest BCUT2D eigenvalue weighted by atomic mass is 10.2. The lowest BCUT2D eigenvalue weighted by molar-refractivity contribution is 0.582. The molecule has 9 heteroatoms. The first kappa shape index (κ1) is 15.0. The van der Waals surface area contributed by atoms with Gasteiger partial charge in [-0.2, -0.15) is 18.6 Å². The van der Waals surface area contributed by atoms with Gasteiger partial charge in [-0.05, 0) is 34.1 Å². The van der Waals surface area contributed by atoms with E-state index in [0.717, 1.165) is 8.56 Å². The molecule has 24 heavy (non-hydrogen) atoms. The Morgan fingerprint density at radius 2 is 1.92 bits per heavy atom. The van der Waals surface area contributed by atoms with Gasteiger partial charge in [-0.25, -0.2) is 4.98 Å². The highest BCUT2D eigenvalue weighted by molar-refractivity contribution is 9.10. The molecule has 4 rings (SSSR count). The number of hydrogen-bond donors (Lipinski definition) is 1. The summed E-state index contributed by atoms with van der Waals surface area (Å²) in [5.41, 5.74) is 1.44. The van der Waals surface area contributed by atoms with Crippen LogP contribution in [0.5, 0.6) is 0 Å². The van der Waals surface area contributed by atoms with Crippen molar-refractivity contribution in [1.29, 1.82) is 0 Å². The van der Waals surface area contributed by atoms with Crippen LogP contribution in [0.3, 0.4) is 0 Å². The zero-order chi connectivity index (χ0) is 16.7. The molecule has 0 aliphatic carbocycles. The summed E-state index contributed by atoms with van der Waals surface area (Å²) in [7, 11) is -3.85. The molecule has 1 aromatic carbocycles.